The Morgan fingerprint density at radius 3 is 2.10 bits per heavy atom. The minimum Gasteiger partial charge on any atom is -0.494 e. The highest BCUT2D eigenvalue weighted by Crippen LogP contribution is 2.40. The normalized spacial score (nSPS) is 20.8. The summed E-state index contributed by atoms with van der Waals surface area (Å²) < 4.78 is 33.4. The molecule has 0 saturated carbocycles. The van der Waals surface area contributed by atoms with Gasteiger partial charge in [-0.1, -0.05) is 35.9 Å². The van der Waals surface area contributed by atoms with Crippen molar-refractivity contribution in [3.05, 3.63) is 64.2 Å². The standard InChI is InChI=1S/C29H33ClO10/c1-6-35-23-10-7-20(8-11-23)13-22-14-21(9-12-24(22)30)26-28(38-18(4)33)29(39-19(5)34)27(40-26)25(37-17(3)32)15-36-16(2)31/h7-12,14,25-29H,6,13,15H2,1-5H3/t25-,26-,27-,28+,29+/m1/s1. The van der Waals surface area contributed by atoms with Crippen molar-refractivity contribution in [3.63, 3.8) is 0 Å². The second-order valence-electron chi connectivity index (χ2n) is 9.22. The average Bonchev–Trinajstić information content (AvgIpc) is 3.20. The van der Waals surface area contributed by atoms with Crippen LogP contribution in [0.15, 0.2) is 42.5 Å². The molecule has 5 atom stereocenters. The van der Waals surface area contributed by atoms with E-state index in [1.54, 1.807) is 12.1 Å². The molecule has 3 rings (SSSR count). The van der Waals surface area contributed by atoms with Crippen LogP contribution in [0.3, 0.4) is 0 Å². The molecule has 0 spiro atoms. The number of hydrogen-bond acceptors (Lipinski definition) is 10. The fraction of sp³-hybridized carbons (Fsp3) is 0.448. The van der Waals surface area contributed by atoms with Crippen LogP contribution >= 0.6 is 11.6 Å². The average molecular weight is 577 g/mol. The fourth-order valence-electron chi connectivity index (χ4n) is 4.50. The smallest absolute Gasteiger partial charge is 0.303 e. The number of benzene rings is 2. The molecule has 1 saturated heterocycles. The van der Waals surface area contributed by atoms with Gasteiger partial charge in [-0.25, -0.2) is 0 Å². The van der Waals surface area contributed by atoms with Crippen molar-refractivity contribution in [2.24, 2.45) is 0 Å². The van der Waals surface area contributed by atoms with Crippen LogP contribution in [0, 0.1) is 0 Å². The van der Waals surface area contributed by atoms with Gasteiger partial charge in [-0.3, -0.25) is 19.2 Å². The molecule has 1 heterocycles. The van der Waals surface area contributed by atoms with Crippen molar-refractivity contribution in [3.8, 4) is 5.75 Å². The van der Waals surface area contributed by atoms with Gasteiger partial charge in [0.2, 0.25) is 0 Å². The van der Waals surface area contributed by atoms with Crippen molar-refractivity contribution < 1.29 is 47.6 Å². The van der Waals surface area contributed by atoms with Crippen LogP contribution in [-0.4, -0.2) is 61.5 Å². The molecule has 11 heteroatoms. The van der Waals surface area contributed by atoms with E-state index in [0.29, 0.717) is 23.6 Å². The van der Waals surface area contributed by atoms with Gasteiger partial charge in [-0.15, -0.1) is 0 Å². The Morgan fingerprint density at radius 2 is 1.52 bits per heavy atom. The van der Waals surface area contributed by atoms with Gasteiger partial charge in [0.05, 0.1) is 6.61 Å². The second-order valence-corrected chi connectivity index (χ2v) is 9.63. The first-order valence-corrected chi connectivity index (χ1v) is 13.2. The highest BCUT2D eigenvalue weighted by Gasteiger charge is 2.53. The first-order chi connectivity index (χ1) is 19.0. The summed E-state index contributed by atoms with van der Waals surface area (Å²) in [5.41, 5.74) is 2.35. The minimum absolute atomic E-state index is 0.361. The number of halogens is 1. The Labute approximate surface area is 237 Å². The lowest BCUT2D eigenvalue weighted by Gasteiger charge is -2.27. The first kappa shape index (κ1) is 30.9. The lowest BCUT2D eigenvalue weighted by atomic mass is 9.96. The van der Waals surface area contributed by atoms with E-state index in [-0.39, 0.29) is 6.61 Å². The third-order valence-corrected chi connectivity index (χ3v) is 6.38. The summed E-state index contributed by atoms with van der Waals surface area (Å²) in [5.74, 6) is -1.82. The Bertz CT molecular complexity index is 1210. The largest absolute Gasteiger partial charge is 0.494 e. The van der Waals surface area contributed by atoms with Gasteiger partial charge in [0, 0.05) is 32.7 Å². The molecule has 0 radical (unpaired) electrons. The summed E-state index contributed by atoms with van der Waals surface area (Å²) in [6, 6.07) is 12.9. The Hall–Kier alpha value is -3.63. The predicted molar refractivity (Wildman–Crippen MR) is 143 cm³/mol. The van der Waals surface area contributed by atoms with Gasteiger partial charge in [-0.05, 0) is 48.2 Å². The number of esters is 4. The van der Waals surface area contributed by atoms with Gasteiger partial charge < -0.3 is 28.4 Å². The Kier molecular flexibility index (Phi) is 10.9. The molecule has 40 heavy (non-hydrogen) atoms. The number of carbonyl (C=O) groups excluding carboxylic acids is 4. The number of ether oxygens (including phenoxy) is 6. The molecule has 2 aromatic rings. The zero-order valence-electron chi connectivity index (χ0n) is 23.0. The van der Waals surface area contributed by atoms with E-state index in [1.807, 2.05) is 37.3 Å². The van der Waals surface area contributed by atoms with E-state index in [2.05, 4.69) is 0 Å². The maximum absolute atomic E-state index is 12.1. The summed E-state index contributed by atoms with van der Waals surface area (Å²) in [5, 5.41) is 0.514. The third kappa shape index (κ3) is 8.43. The van der Waals surface area contributed by atoms with E-state index >= 15 is 0 Å². The lowest BCUT2D eigenvalue weighted by Crippen LogP contribution is -2.46. The Morgan fingerprint density at radius 1 is 0.875 bits per heavy atom. The van der Waals surface area contributed by atoms with E-state index in [0.717, 1.165) is 16.9 Å². The van der Waals surface area contributed by atoms with Crippen LogP contribution in [-0.2, 0) is 49.3 Å². The quantitative estimate of drug-likeness (QED) is 0.285. The van der Waals surface area contributed by atoms with Crippen LogP contribution in [0.2, 0.25) is 5.02 Å². The lowest BCUT2D eigenvalue weighted by molar-refractivity contribution is -0.176. The summed E-state index contributed by atoms with van der Waals surface area (Å²) in [6.45, 7) is 6.91. The van der Waals surface area contributed by atoms with Gasteiger partial charge in [0.1, 0.15) is 24.6 Å². The molecule has 0 aliphatic carbocycles. The molecule has 216 valence electrons. The SMILES string of the molecule is CCOc1ccc(Cc2cc([C@H]3O[C@H]([C@@H](COC(C)=O)OC(C)=O)[C@H](OC(C)=O)[C@H]3OC(C)=O)ccc2Cl)cc1. The molecule has 1 fully saturated rings. The summed E-state index contributed by atoms with van der Waals surface area (Å²) in [4.78, 5) is 47.5. The summed E-state index contributed by atoms with van der Waals surface area (Å²) in [7, 11) is 0. The summed E-state index contributed by atoms with van der Waals surface area (Å²) in [6.07, 6.45) is -4.97. The van der Waals surface area contributed by atoms with Gasteiger partial charge >= 0.3 is 23.9 Å². The van der Waals surface area contributed by atoms with Gasteiger partial charge in [0.15, 0.2) is 18.3 Å². The van der Waals surface area contributed by atoms with E-state index in [9.17, 15) is 19.2 Å². The molecular weight excluding hydrogens is 544 g/mol. The highest BCUT2D eigenvalue weighted by atomic mass is 35.5. The maximum atomic E-state index is 12.1. The molecule has 0 amide bonds. The Balaban J connectivity index is 1.99. The molecule has 0 aromatic heterocycles. The number of rotatable bonds is 11. The fourth-order valence-corrected chi connectivity index (χ4v) is 4.69. The van der Waals surface area contributed by atoms with Crippen LogP contribution in [0.1, 0.15) is 57.4 Å². The molecule has 2 aromatic carbocycles. The van der Waals surface area contributed by atoms with Crippen molar-refractivity contribution in [1.29, 1.82) is 0 Å². The van der Waals surface area contributed by atoms with Crippen LogP contribution < -0.4 is 4.74 Å². The van der Waals surface area contributed by atoms with Gasteiger partial charge in [-0.2, -0.15) is 0 Å². The molecule has 0 bridgehead atoms. The molecular formula is C29H33ClO10. The van der Waals surface area contributed by atoms with Crippen molar-refractivity contribution >= 4 is 35.5 Å². The van der Waals surface area contributed by atoms with Crippen LogP contribution in [0.25, 0.3) is 0 Å². The zero-order chi connectivity index (χ0) is 29.4. The van der Waals surface area contributed by atoms with E-state index < -0.39 is 54.4 Å². The predicted octanol–water partition coefficient (Wildman–Crippen LogP) is 4.13. The number of carbonyl (C=O) groups is 4. The third-order valence-electron chi connectivity index (χ3n) is 6.02. The first-order valence-electron chi connectivity index (χ1n) is 12.8. The number of hydrogen-bond donors (Lipinski definition) is 0. The topological polar surface area (TPSA) is 124 Å². The summed E-state index contributed by atoms with van der Waals surface area (Å²) >= 11 is 6.53. The van der Waals surface area contributed by atoms with Crippen LogP contribution in [0.4, 0.5) is 0 Å². The van der Waals surface area contributed by atoms with Crippen molar-refractivity contribution in [2.45, 2.75) is 71.6 Å². The van der Waals surface area contributed by atoms with E-state index in [4.69, 9.17) is 40.0 Å². The molecule has 0 unspecified atom stereocenters. The van der Waals surface area contributed by atoms with Gasteiger partial charge in [0.25, 0.3) is 0 Å². The second kappa shape index (κ2) is 14.1. The molecule has 10 nitrogen and oxygen atoms in total. The maximum Gasteiger partial charge on any atom is 0.303 e. The van der Waals surface area contributed by atoms with Crippen molar-refractivity contribution in [2.75, 3.05) is 13.2 Å². The molecule has 1 aliphatic rings. The van der Waals surface area contributed by atoms with E-state index in [1.165, 1.54) is 27.7 Å². The zero-order valence-corrected chi connectivity index (χ0v) is 23.8. The van der Waals surface area contributed by atoms with Crippen molar-refractivity contribution in [1.82, 2.24) is 0 Å². The monoisotopic (exact) mass is 576 g/mol. The van der Waals surface area contributed by atoms with Crippen LogP contribution in [0.5, 0.6) is 5.75 Å². The highest BCUT2D eigenvalue weighted by molar-refractivity contribution is 6.31. The molecule has 1 aliphatic heterocycles. The molecule has 0 N–H and O–H groups in total. The minimum atomic E-state index is -1.17.